The molecule has 2 rings (SSSR count). The summed E-state index contributed by atoms with van der Waals surface area (Å²) >= 11 is 0. The molecular formula is C12H16N4. The maximum absolute atomic E-state index is 3.88. The summed E-state index contributed by atoms with van der Waals surface area (Å²) in [6.45, 7) is 3.75. The Hall–Kier alpha value is -1.68. The molecule has 0 radical (unpaired) electrons. The minimum Gasteiger partial charge on any atom is -0.307 e. The summed E-state index contributed by atoms with van der Waals surface area (Å²) < 4.78 is 1.78. The van der Waals surface area contributed by atoms with E-state index in [2.05, 4.69) is 46.8 Å². The molecule has 0 aliphatic heterocycles. The van der Waals surface area contributed by atoms with Gasteiger partial charge in [0.2, 0.25) is 0 Å². The van der Waals surface area contributed by atoms with Gasteiger partial charge in [0.15, 0.2) is 0 Å². The summed E-state index contributed by atoms with van der Waals surface area (Å²) in [5, 5.41) is 11.1. The first-order valence-corrected chi connectivity index (χ1v) is 5.35. The van der Waals surface area contributed by atoms with Crippen molar-refractivity contribution in [1.82, 2.24) is 20.3 Å². The lowest BCUT2D eigenvalue weighted by atomic mass is 10.1. The molecule has 0 unspecified atom stereocenters. The van der Waals surface area contributed by atoms with E-state index in [0.29, 0.717) is 0 Å². The Bertz CT molecular complexity index is 444. The number of rotatable bonds is 4. The molecule has 16 heavy (non-hydrogen) atoms. The van der Waals surface area contributed by atoms with Crippen LogP contribution in [0.1, 0.15) is 16.8 Å². The summed E-state index contributed by atoms with van der Waals surface area (Å²) in [7, 11) is 1.90. The average Bonchev–Trinajstić information content (AvgIpc) is 2.68. The fourth-order valence-corrected chi connectivity index (χ4v) is 1.51. The van der Waals surface area contributed by atoms with Crippen molar-refractivity contribution >= 4 is 0 Å². The normalized spacial score (nSPS) is 10.6. The lowest BCUT2D eigenvalue weighted by Crippen LogP contribution is -2.15. The third kappa shape index (κ3) is 2.67. The minimum absolute atomic E-state index is 0.789. The van der Waals surface area contributed by atoms with Gasteiger partial charge < -0.3 is 5.32 Å². The van der Waals surface area contributed by atoms with E-state index < -0.39 is 0 Å². The van der Waals surface area contributed by atoms with Gasteiger partial charge in [-0.1, -0.05) is 35.0 Å². The Balaban J connectivity index is 1.84. The van der Waals surface area contributed by atoms with Crippen molar-refractivity contribution in [3.05, 3.63) is 47.3 Å². The van der Waals surface area contributed by atoms with E-state index >= 15 is 0 Å². The number of benzene rings is 1. The maximum atomic E-state index is 3.88. The molecule has 0 aliphatic rings. The second-order valence-electron chi connectivity index (χ2n) is 3.94. The number of nitrogens with one attached hydrogen (secondary N) is 1. The van der Waals surface area contributed by atoms with Crippen LogP contribution >= 0.6 is 0 Å². The molecule has 2 aromatic rings. The number of hydrogen-bond acceptors (Lipinski definition) is 3. The molecule has 0 amide bonds. The molecule has 0 saturated carbocycles. The third-order valence-corrected chi connectivity index (χ3v) is 2.56. The number of nitrogens with zero attached hydrogens (tertiary/aromatic N) is 3. The van der Waals surface area contributed by atoms with Gasteiger partial charge in [0.05, 0.1) is 11.9 Å². The highest BCUT2D eigenvalue weighted by Crippen LogP contribution is 2.03. The molecule has 84 valence electrons. The smallest absolute Gasteiger partial charge is 0.0738 e. The molecule has 0 fully saturated rings. The number of hydrogen-bond donors (Lipinski definition) is 1. The Morgan fingerprint density at radius 1 is 1.19 bits per heavy atom. The van der Waals surface area contributed by atoms with Gasteiger partial charge in [0.25, 0.3) is 0 Å². The first kappa shape index (κ1) is 10.8. The van der Waals surface area contributed by atoms with Crippen molar-refractivity contribution in [2.24, 2.45) is 7.05 Å². The monoisotopic (exact) mass is 216 g/mol. The molecule has 1 aromatic heterocycles. The molecule has 1 N–H and O–H groups in total. The Kier molecular flexibility index (Phi) is 3.31. The van der Waals surface area contributed by atoms with Gasteiger partial charge >= 0.3 is 0 Å². The molecule has 0 aliphatic carbocycles. The van der Waals surface area contributed by atoms with Crippen LogP contribution in [-0.4, -0.2) is 15.0 Å². The van der Waals surface area contributed by atoms with Gasteiger partial charge in [-0.25, -0.2) is 0 Å². The van der Waals surface area contributed by atoms with Crippen molar-refractivity contribution in [1.29, 1.82) is 0 Å². The van der Waals surface area contributed by atoms with Gasteiger partial charge in [-0.2, -0.15) is 0 Å². The molecular weight excluding hydrogens is 200 g/mol. The lowest BCUT2D eigenvalue weighted by Gasteiger charge is -2.04. The fraction of sp³-hybridized carbons (Fsp3) is 0.333. The summed E-state index contributed by atoms with van der Waals surface area (Å²) in [6.07, 6.45) is 1.78. The SMILES string of the molecule is Cc1ccc(CNCc2cnnn2C)cc1. The van der Waals surface area contributed by atoms with E-state index in [-0.39, 0.29) is 0 Å². The Morgan fingerprint density at radius 3 is 2.56 bits per heavy atom. The van der Waals surface area contributed by atoms with Gasteiger partial charge in [0, 0.05) is 20.1 Å². The Labute approximate surface area is 95.3 Å². The maximum Gasteiger partial charge on any atom is 0.0738 e. The zero-order valence-corrected chi connectivity index (χ0v) is 9.64. The van der Waals surface area contributed by atoms with E-state index in [1.807, 2.05) is 7.05 Å². The van der Waals surface area contributed by atoms with E-state index in [9.17, 15) is 0 Å². The standard InChI is InChI=1S/C12H16N4/c1-10-3-5-11(6-4-10)7-13-8-12-9-14-15-16(12)2/h3-6,9,13H,7-8H2,1-2H3. The van der Waals surface area contributed by atoms with Crippen LogP contribution in [0.3, 0.4) is 0 Å². The predicted molar refractivity (Wildman–Crippen MR) is 62.7 cm³/mol. The zero-order chi connectivity index (χ0) is 11.4. The van der Waals surface area contributed by atoms with Crippen LogP contribution < -0.4 is 5.32 Å². The van der Waals surface area contributed by atoms with Crippen LogP contribution in [0.5, 0.6) is 0 Å². The second kappa shape index (κ2) is 4.90. The molecule has 1 heterocycles. The van der Waals surface area contributed by atoms with Crippen molar-refractivity contribution in [3.8, 4) is 0 Å². The molecule has 0 spiro atoms. The van der Waals surface area contributed by atoms with E-state index in [0.717, 1.165) is 18.8 Å². The number of aromatic nitrogens is 3. The minimum atomic E-state index is 0.789. The van der Waals surface area contributed by atoms with Crippen LogP contribution in [0.4, 0.5) is 0 Å². The zero-order valence-electron chi connectivity index (χ0n) is 9.64. The largest absolute Gasteiger partial charge is 0.307 e. The van der Waals surface area contributed by atoms with Crippen LogP contribution in [0, 0.1) is 6.92 Å². The highest BCUT2D eigenvalue weighted by Gasteiger charge is 1.98. The van der Waals surface area contributed by atoms with Crippen molar-refractivity contribution in [3.63, 3.8) is 0 Å². The summed E-state index contributed by atoms with van der Waals surface area (Å²) in [5.74, 6) is 0. The van der Waals surface area contributed by atoms with Gasteiger partial charge in [-0.05, 0) is 12.5 Å². The van der Waals surface area contributed by atoms with Crippen molar-refractivity contribution in [2.45, 2.75) is 20.0 Å². The van der Waals surface area contributed by atoms with Gasteiger partial charge in [0.1, 0.15) is 0 Å². The summed E-state index contributed by atoms with van der Waals surface area (Å²) in [5.41, 5.74) is 3.67. The third-order valence-electron chi connectivity index (χ3n) is 2.56. The molecule has 4 heteroatoms. The topological polar surface area (TPSA) is 42.7 Å². The van der Waals surface area contributed by atoms with Crippen molar-refractivity contribution in [2.75, 3.05) is 0 Å². The first-order valence-electron chi connectivity index (χ1n) is 5.35. The predicted octanol–water partition coefficient (Wildman–Crippen LogP) is 1.41. The lowest BCUT2D eigenvalue weighted by molar-refractivity contribution is 0.617. The van der Waals surface area contributed by atoms with Crippen LogP contribution in [-0.2, 0) is 20.1 Å². The second-order valence-corrected chi connectivity index (χ2v) is 3.94. The fourth-order valence-electron chi connectivity index (χ4n) is 1.51. The average molecular weight is 216 g/mol. The highest BCUT2D eigenvalue weighted by molar-refractivity contribution is 5.21. The van der Waals surface area contributed by atoms with E-state index in [1.165, 1.54) is 11.1 Å². The quantitative estimate of drug-likeness (QED) is 0.840. The van der Waals surface area contributed by atoms with Crippen molar-refractivity contribution < 1.29 is 0 Å². The molecule has 4 nitrogen and oxygen atoms in total. The molecule has 0 bridgehead atoms. The highest BCUT2D eigenvalue weighted by atomic mass is 15.4. The van der Waals surface area contributed by atoms with Crippen LogP contribution in [0.25, 0.3) is 0 Å². The molecule has 0 atom stereocenters. The summed E-state index contributed by atoms with van der Waals surface area (Å²) in [4.78, 5) is 0. The molecule has 0 saturated heterocycles. The number of aryl methyl sites for hydroxylation is 2. The molecule has 1 aromatic carbocycles. The van der Waals surface area contributed by atoms with Gasteiger partial charge in [-0.15, -0.1) is 5.10 Å². The first-order chi connectivity index (χ1) is 7.75. The Morgan fingerprint density at radius 2 is 1.94 bits per heavy atom. The van der Waals surface area contributed by atoms with Crippen LogP contribution in [0.2, 0.25) is 0 Å². The van der Waals surface area contributed by atoms with Gasteiger partial charge in [-0.3, -0.25) is 4.68 Å². The summed E-state index contributed by atoms with van der Waals surface area (Å²) in [6, 6.07) is 8.54. The van der Waals surface area contributed by atoms with E-state index in [4.69, 9.17) is 0 Å². The van der Waals surface area contributed by atoms with E-state index in [1.54, 1.807) is 10.9 Å². The van der Waals surface area contributed by atoms with Crippen LogP contribution in [0.15, 0.2) is 30.5 Å².